The molecule has 102 valence electrons. The Kier molecular flexibility index (Phi) is 4.27. The number of hydrogen-bond acceptors (Lipinski definition) is 4. The summed E-state index contributed by atoms with van der Waals surface area (Å²) in [5.74, 6) is -0.240. The number of ether oxygens (including phenoxy) is 1. The molecule has 2 rings (SSSR count). The molecule has 5 nitrogen and oxygen atoms in total. The van der Waals surface area contributed by atoms with Crippen LogP contribution in [0.25, 0.3) is 6.08 Å². The lowest BCUT2D eigenvalue weighted by molar-refractivity contribution is -0.123. The third-order valence-corrected chi connectivity index (χ3v) is 2.81. The second-order valence-corrected chi connectivity index (χ2v) is 4.36. The number of rotatable bonds is 3. The highest BCUT2D eigenvalue weighted by Gasteiger charge is 2.24. The molecule has 0 aromatic heterocycles. The van der Waals surface area contributed by atoms with Gasteiger partial charge in [0, 0.05) is 0 Å². The first-order valence-electron chi connectivity index (χ1n) is 5.79. The molecule has 1 aliphatic rings. The number of allylic oxidation sites excluding steroid dienone is 2. The number of benzene rings is 1. The van der Waals surface area contributed by atoms with Gasteiger partial charge in [-0.2, -0.15) is 0 Å². The van der Waals surface area contributed by atoms with Crippen LogP contribution in [0.4, 0.5) is 0 Å². The maximum Gasteiger partial charge on any atom is 0.263 e. The quantitative estimate of drug-likeness (QED) is 0.498. The van der Waals surface area contributed by atoms with E-state index in [0.717, 1.165) is 11.3 Å². The Balaban J connectivity index is 2.10. The van der Waals surface area contributed by atoms with Gasteiger partial charge >= 0.3 is 0 Å². The third-order valence-electron chi connectivity index (χ3n) is 2.61. The zero-order valence-electron chi connectivity index (χ0n) is 10.7. The summed E-state index contributed by atoms with van der Waals surface area (Å²) in [6.45, 7) is 0. The molecule has 1 aromatic carbocycles. The summed E-state index contributed by atoms with van der Waals surface area (Å²) < 4.78 is 5.05. The smallest absolute Gasteiger partial charge is 0.263 e. The standard InChI is InChI=1S/C14H12N2O3S/c1-19-10-7-5-9(6-8-10)3-2-4-11-12(17)15-14(20)16-13(11)18/h2-8H,1H3,(H2,15,16,17,18,20)/b3-2-. The van der Waals surface area contributed by atoms with Crippen molar-refractivity contribution in [3.05, 3.63) is 47.6 Å². The normalized spacial score (nSPS) is 15.1. The van der Waals surface area contributed by atoms with Crippen LogP contribution in [-0.4, -0.2) is 24.0 Å². The predicted octanol–water partition coefficient (Wildman–Crippen LogP) is 1.17. The Morgan fingerprint density at radius 2 is 1.70 bits per heavy atom. The van der Waals surface area contributed by atoms with Crippen LogP contribution in [0, 0.1) is 0 Å². The fourth-order valence-corrected chi connectivity index (χ4v) is 1.78. The maximum absolute atomic E-state index is 11.6. The molecule has 1 aromatic rings. The minimum Gasteiger partial charge on any atom is -0.497 e. The number of thiocarbonyl (C=S) groups is 1. The number of amides is 2. The molecule has 2 amide bonds. The van der Waals surface area contributed by atoms with E-state index in [1.807, 2.05) is 24.3 Å². The molecular weight excluding hydrogens is 276 g/mol. The molecule has 2 N–H and O–H groups in total. The lowest BCUT2D eigenvalue weighted by atomic mass is 10.1. The van der Waals surface area contributed by atoms with Crippen molar-refractivity contribution >= 4 is 35.2 Å². The summed E-state index contributed by atoms with van der Waals surface area (Å²) in [7, 11) is 1.60. The van der Waals surface area contributed by atoms with E-state index in [1.165, 1.54) is 6.08 Å². The largest absolute Gasteiger partial charge is 0.497 e. The van der Waals surface area contributed by atoms with Gasteiger partial charge in [-0.3, -0.25) is 20.2 Å². The highest BCUT2D eigenvalue weighted by atomic mass is 32.1. The van der Waals surface area contributed by atoms with Crippen molar-refractivity contribution in [1.29, 1.82) is 0 Å². The van der Waals surface area contributed by atoms with E-state index < -0.39 is 11.8 Å². The molecule has 0 aliphatic carbocycles. The van der Waals surface area contributed by atoms with Gasteiger partial charge in [0.25, 0.3) is 11.8 Å². The van der Waals surface area contributed by atoms with Crippen LogP contribution in [0.2, 0.25) is 0 Å². The first-order valence-corrected chi connectivity index (χ1v) is 6.20. The Bertz CT molecular complexity index is 596. The van der Waals surface area contributed by atoms with Gasteiger partial charge in [0.05, 0.1) is 7.11 Å². The van der Waals surface area contributed by atoms with Crippen LogP contribution < -0.4 is 15.4 Å². The van der Waals surface area contributed by atoms with Crippen LogP contribution in [0.5, 0.6) is 5.75 Å². The van der Waals surface area contributed by atoms with E-state index in [9.17, 15) is 9.59 Å². The van der Waals surface area contributed by atoms with Crippen molar-refractivity contribution < 1.29 is 14.3 Å². The second-order valence-electron chi connectivity index (χ2n) is 3.95. The number of carbonyl (C=O) groups is 2. The van der Waals surface area contributed by atoms with Crippen molar-refractivity contribution in [2.45, 2.75) is 0 Å². The molecule has 0 bridgehead atoms. The average molecular weight is 288 g/mol. The number of carbonyl (C=O) groups excluding carboxylic acids is 2. The van der Waals surface area contributed by atoms with E-state index in [0.29, 0.717) is 0 Å². The van der Waals surface area contributed by atoms with E-state index in [2.05, 4.69) is 10.6 Å². The highest BCUT2D eigenvalue weighted by Crippen LogP contribution is 2.12. The van der Waals surface area contributed by atoms with E-state index >= 15 is 0 Å². The fraction of sp³-hybridized carbons (Fsp3) is 0.0714. The molecular formula is C14H12N2O3S. The lowest BCUT2D eigenvalue weighted by Crippen LogP contribution is -2.51. The Morgan fingerprint density at radius 1 is 1.10 bits per heavy atom. The van der Waals surface area contributed by atoms with Crippen LogP contribution in [-0.2, 0) is 9.59 Å². The number of nitrogens with one attached hydrogen (secondary N) is 2. The molecule has 6 heteroatoms. The molecule has 0 radical (unpaired) electrons. The number of hydrogen-bond donors (Lipinski definition) is 2. The predicted molar refractivity (Wildman–Crippen MR) is 79.0 cm³/mol. The second kappa shape index (κ2) is 6.12. The van der Waals surface area contributed by atoms with Crippen LogP contribution in [0.3, 0.4) is 0 Å². The zero-order valence-corrected chi connectivity index (χ0v) is 11.5. The zero-order chi connectivity index (χ0) is 14.5. The first kappa shape index (κ1) is 14.0. The number of methoxy groups -OCH3 is 1. The molecule has 1 heterocycles. The van der Waals surface area contributed by atoms with Gasteiger partial charge in [0.2, 0.25) is 0 Å². The molecule has 1 aliphatic heterocycles. The van der Waals surface area contributed by atoms with E-state index in [1.54, 1.807) is 19.3 Å². The maximum atomic E-state index is 11.6. The summed E-state index contributed by atoms with van der Waals surface area (Å²) in [4.78, 5) is 23.1. The van der Waals surface area contributed by atoms with Crippen LogP contribution in [0.1, 0.15) is 5.56 Å². The molecule has 20 heavy (non-hydrogen) atoms. The van der Waals surface area contributed by atoms with Gasteiger partial charge in [-0.1, -0.05) is 24.3 Å². The molecule has 1 fully saturated rings. The van der Waals surface area contributed by atoms with E-state index in [4.69, 9.17) is 17.0 Å². The van der Waals surface area contributed by atoms with Gasteiger partial charge in [0.15, 0.2) is 5.11 Å². The summed E-state index contributed by atoms with van der Waals surface area (Å²) in [5.41, 5.74) is 0.943. The Morgan fingerprint density at radius 3 is 2.25 bits per heavy atom. The average Bonchev–Trinajstić information content (AvgIpc) is 2.42. The Hall–Kier alpha value is -2.47. The first-order chi connectivity index (χ1) is 9.60. The minimum absolute atomic E-state index is 0.0170. The Labute approximate surface area is 121 Å². The summed E-state index contributed by atoms with van der Waals surface area (Å²) in [5, 5.41) is 4.76. The van der Waals surface area contributed by atoms with Crippen molar-refractivity contribution in [1.82, 2.24) is 10.6 Å². The molecule has 0 atom stereocenters. The summed E-state index contributed by atoms with van der Waals surface area (Å²) in [6, 6.07) is 7.38. The molecule has 0 unspecified atom stereocenters. The highest BCUT2D eigenvalue weighted by molar-refractivity contribution is 7.80. The van der Waals surface area contributed by atoms with Crippen molar-refractivity contribution in [2.24, 2.45) is 0 Å². The molecule has 0 saturated carbocycles. The van der Waals surface area contributed by atoms with Gasteiger partial charge < -0.3 is 4.74 Å². The minimum atomic E-state index is -0.502. The lowest BCUT2D eigenvalue weighted by Gasteiger charge is -2.15. The van der Waals surface area contributed by atoms with E-state index in [-0.39, 0.29) is 10.7 Å². The fourth-order valence-electron chi connectivity index (χ4n) is 1.60. The van der Waals surface area contributed by atoms with Gasteiger partial charge in [-0.25, -0.2) is 0 Å². The van der Waals surface area contributed by atoms with Gasteiger partial charge in [-0.05, 0) is 36.0 Å². The summed E-state index contributed by atoms with van der Waals surface area (Å²) in [6.07, 6.45) is 4.85. The van der Waals surface area contributed by atoms with Crippen LogP contribution >= 0.6 is 12.2 Å². The SMILES string of the molecule is COc1ccc(/C=C\C=C2C(=O)NC(=S)NC2=O)cc1. The summed E-state index contributed by atoms with van der Waals surface area (Å²) >= 11 is 4.70. The van der Waals surface area contributed by atoms with Gasteiger partial charge in [0.1, 0.15) is 11.3 Å². The van der Waals surface area contributed by atoms with Gasteiger partial charge in [-0.15, -0.1) is 0 Å². The molecule has 1 saturated heterocycles. The third kappa shape index (κ3) is 3.30. The monoisotopic (exact) mass is 288 g/mol. The van der Waals surface area contributed by atoms with Crippen molar-refractivity contribution in [3.63, 3.8) is 0 Å². The topological polar surface area (TPSA) is 67.4 Å². The molecule has 0 spiro atoms. The van der Waals surface area contributed by atoms with Crippen molar-refractivity contribution in [2.75, 3.05) is 7.11 Å². The van der Waals surface area contributed by atoms with Crippen molar-refractivity contribution in [3.8, 4) is 5.75 Å². The van der Waals surface area contributed by atoms with Crippen LogP contribution in [0.15, 0.2) is 42.0 Å².